The maximum absolute atomic E-state index is 4.59. The lowest BCUT2D eigenvalue weighted by molar-refractivity contribution is 0.434. The Labute approximate surface area is 139 Å². The molecule has 1 saturated heterocycles. The zero-order valence-corrected chi connectivity index (χ0v) is 14.9. The van der Waals surface area contributed by atoms with Crippen LogP contribution in [0.2, 0.25) is 0 Å². The molecule has 2 aromatic rings. The van der Waals surface area contributed by atoms with Gasteiger partial charge in [-0.1, -0.05) is 13.8 Å². The lowest BCUT2D eigenvalue weighted by Gasteiger charge is -2.21. The van der Waals surface area contributed by atoms with Gasteiger partial charge in [0, 0.05) is 19.4 Å². The predicted molar refractivity (Wildman–Crippen MR) is 88.4 cm³/mol. The molecule has 6 nitrogen and oxygen atoms in total. The third kappa shape index (κ3) is 3.67. The Kier molecular flexibility index (Phi) is 5.10. The van der Waals surface area contributed by atoms with Crippen LogP contribution in [-0.4, -0.2) is 37.2 Å². The van der Waals surface area contributed by atoms with Crippen molar-refractivity contribution < 1.29 is 0 Å². The van der Waals surface area contributed by atoms with Crippen LogP contribution in [0, 0.1) is 5.92 Å². The predicted octanol–water partition coefficient (Wildman–Crippen LogP) is 2.48. The first-order valence-corrected chi connectivity index (χ1v) is 9.33. The van der Waals surface area contributed by atoms with Crippen molar-refractivity contribution in [2.24, 2.45) is 13.0 Å². The minimum Gasteiger partial charge on any atom is -0.317 e. The summed E-state index contributed by atoms with van der Waals surface area (Å²) in [7, 11) is 2.05. The third-order valence-corrected chi connectivity index (χ3v) is 5.62. The van der Waals surface area contributed by atoms with Gasteiger partial charge in [0.1, 0.15) is 11.6 Å². The molecule has 3 heterocycles. The highest BCUT2D eigenvalue weighted by Gasteiger charge is 2.22. The SMILES string of the molecule is CC(C)Cc1nsc(Sc2nnc(C3CCNCC3)n2C)n1. The van der Waals surface area contributed by atoms with Crippen LogP contribution in [0.4, 0.5) is 0 Å². The van der Waals surface area contributed by atoms with E-state index in [1.165, 1.54) is 11.5 Å². The fraction of sp³-hybridized carbons (Fsp3) is 0.714. The summed E-state index contributed by atoms with van der Waals surface area (Å²) >= 11 is 3.02. The van der Waals surface area contributed by atoms with Crippen molar-refractivity contribution in [3.05, 3.63) is 11.6 Å². The van der Waals surface area contributed by atoms with E-state index in [0.29, 0.717) is 11.8 Å². The molecule has 0 saturated carbocycles. The van der Waals surface area contributed by atoms with Gasteiger partial charge in [-0.25, -0.2) is 4.98 Å². The zero-order valence-electron chi connectivity index (χ0n) is 13.2. The molecule has 0 spiro atoms. The summed E-state index contributed by atoms with van der Waals surface area (Å²) in [5.41, 5.74) is 0. The Morgan fingerprint density at radius 2 is 2.09 bits per heavy atom. The van der Waals surface area contributed by atoms with E-state index in [2.05, 4.69) is 50.3 Å². The van der Waals surface area contributed by atoms with Crippen LogP contribution < -0.4 is 5.32 Å². The highest BCUT2D eigenvalue weighted by molar-refractivity contribution is 8.00. The first-order chi connectivity index (χ1) is 10.6. The summed E-state index contributed by atoms with van der Waals surface area (Å²) in [5.74, 6) is 3.12. The first kappa shape index (κ1) is 15.9. The Morgan fingerprint density at radius 1 is 1.32 bits per heavy atom. The molecular weight excluding hydrogens is 316 g/mol. The average Bonchev–Trinajstić information content (AvgIpc) is 3.08. The number of nitrogens with zero attached hydrogens (tertiary/aromatic N) is 5. The monoisotopic (exact) mass is 338 g/mol. The smallest absolute Gasteiger partial charge is 0.198 e. The molecule has 1 fully saturated rings. The van der Waals surface area contributed by atoms with E-state index in [0.717, 1.165) is 53.5 Å². The molecule has 1 aliphatic heterocycles. The Balaban J connectivity index is 1.70. The van der Waals surface area contributed by atoms with Gasteiger partial charge in [0.25, 0.3) is 0 Å². The summed E-state index contributed by atoms with van der Waals surface area (Å²) in [5, 5.41) is 13.1. The largest absolute Gasteiger partial charge is 0.317 e. The molecule has 3 rings (SSSR count). The minimum atomic E-state index is 0.513. The van der Waals surface area contributed by atoms with Crippen LogP contribution in [0.15, 0.2) is 9.50 Å². The van der Waals surface area contributed by atoms with Crippen molar-refractivity contribution >= 4 is 23.3 Å². The van der Waals surface area contributed by atoms with Crippen LogP contribution in [0.5, 0.6) is 0 Å². The van der Waals surface area contributed by atoms with E-state index in [4.69, 9.17) is 0 Å². The van der Waals surface area contributed by atoms with Gasteiger partial charge in [-0.2, -0.15) is 4.37 Å². The van der Waals surface area contributed by atoms with Crippen molar-refractivity contribution in [3.8, 4) is 0 Å². The van der Waals surface area contributed by atoms with Crippen LogP contribution in [0.1, 0.15) is 44.3 Å². The van der Waals surface area contributed by atoms with E-state index in [1.54, 1.807) is 11.8 Å². The van der Waals surface area contributed by atoms with Crippen molar-refractivity contribution in [2.75, 3.05) is 13.1 Å². The molecule has 0 radical (unpaired) electrons. The molecule has 22 heavy (non-hydrogen) atoms. The summed E-state index contributed by atoms with van der Waals surface area (Å²) in [4.78, 5) is 4.59. The normalized spacial score (nSPS) is 16.5. The van der Waals surface area contributed by atoms with E-state index in [-0.39, 0.29) is 0 Å². The van der Waals surface area contributed by atoms with Crippen LogP contribution in [0.3, 0.4) is 0 Å². The third-order valence-electron chi connectivity index (χ3n) is 3.79. The van der Waals surface area contributed by atoms with Crippen LogP contribution >= 0.6 is 23.3 Å². The number of piperidine rings is 1. The molecule has 1 aliphatic rings. The van der Waals surface area contributed by atoms with Crippen molar-refractivity contribution in [2.45, 2.75) is 48.5 Å². The molecule has 120 valence electrons. The van der Waals surface area contributed by atoms with E-state index in [1.807, 2.05) is 0 Å². The van der Waals surface area contributed by atoms with Gasteiger partial charge >= 0.3 is 0 Å². The van der Waals surface area contributed by atoms with Gasteiger partial charge < -0.3 is 9.88 Å². The van der Waals surface area contributed by atoms with E-state index in [9.17, 15) is 0 Å². The Morgan fingerprint density at radius 3 is 2.82 bits per heavy atom. The zero-order chi connectivity index (χ0) is 15.5. The molecule has 0 aliphatic carbocycles. The van der Waals surface area contributed by atoms with Crippen LogP contribution in [0.25, 0.3) is 0 Å². The Bertz CT molecular complexity index is 615. The van der Waals surface area contributed by atoms with Gasteiger partial charge in [0.2, 0.25) is 0 Å². The molecule has 2 aromatic heterocycles. The summed E-state index contributed by atoms with van der Waals surface area (Å²) in [6, 6.07) is 0. The minimum absolute atomic E-state index is 0.513. The number of aromatic nitrogens is 5. The second kappa shape index (κ2) is 7.06. The number of rotatable bonds is 5. The molecule has 1 N–H and O–H groups in total. The van der Waals surface area contributed by atoms with Crippen LogP contribution in [-0.2, 0) is 13.5 Å². The maximum Gasteiger partial charge on any atom is 0.198 e. The number of hydrogen-bond donors (Lipinski definition) is 1. The number of hydrogen-bond acceptors (Lipinski definition) is 7. The second-order valence-electron chi connectivity index (χ2n) is 6.10. The summed E-state index contributed by atoms with van der Waals surface area (Å²) in [6.45, 7) is 6.49. The molecular formula is C14H22N6S2. The standard InChI is InChI=1S/C14H22N6S2/c1-9(2)8-11-16-14(22-19-11)21-13-18-17-12(20(13)3)10-4-6-15-7-5-10/h9-10,15H,4-8H2,1-3H3. The topological polar surface area (TPSA) is 68.5 Å². The molecule has 0 aromatic carbocycles. The fourth-order valence-electron chi connectivity index (χ4n) is 2.66. The number of nitrogens with one attached hydrogen (secondary N) is 1. The lowest BCUT2D eigenvalue weighted by atomic mass is 9.97. The molecule has 8 heteroatoms. The summed E-state index contributed by atoms with van der Waals surface area (Å²) in [6.07, 6.45) is 3.19. The van der Waals surface area contributed by atoms with E-state index >= 15 is 0 Å². The highest BCUT2D eigenvalue weighted by Crippen LogP contribution is 2.31. The Hall–Kier alpha value is -0.990. The first-order valence-electron chi connectivity index (χ1n) is 7.74. The van der Waals surface area contributed by atoms with Gasteiger partial charge in [-0.05, 0) is 55.1 Å². The lowest BCUT2D eigenvalue weighted by Crippen LogP contribution is -2.27. The van der Waals surface area contributed by atoms with Crippen molar-refractivity contribution in [3.63, 3.8) is 0 Å². The fourth-order valence-corrected chi connectivity index (χ4v) is 4.21. The molecule has 0 bridgehead atoms. The van der Waals surface area contributed by atoms with E-state index < -0.39 is 0 Å². The highest BCUT2D eigenvalue weighted by atomic mass is 32.2. The van der Waals surface area contributed by atoms with Crippen molar-refractivity contribution in [1.29, 1.82) is 0 Å². The quantitative estimate of drug-likeness (QED) is 0.903. The second-order valence-corrected chi connectivity index (χ2v) is 8.07. The van der Waals surface area contributed by atoms with Gasteiger partial charge in [-0.15, -0.1) is 10.2 Å². The van der Waals surface area contributed by atoms with Gasteiger partial charge in [-0.3, -0.25) is 0 Å². The van der Waals surface area contributed by atoms with Gasteiger partial charge in [0.05, 0.1) is 0 Å². The van der Waals surface area contributed by atoms with Gasteiger partial charge in [0.15, 0.2) is 9.50 Å². The van der Waals surface area contributed by atoms with Crippen molar-refractivity contribution in [1.82, 2.24) is 29.4 Å². The average molecular weight is 339 g/mol. The summed E-state index contributed by atoms with van der Waals surface area (Å²) < 4.78 is 7.49. The maximum atomic E-state index is 4.59. The molecule has 0 amide bonds. The molecule has 0 atom stereocenters. The molecule has 0 unspecified atom stereocenters.